The third kappa shape index (κ3) is 6.72. The van der Waals surface area contributed by atoms with Crippen LogP contribution in [0.3, 0.4) is 0 Å². The molecule has 0 bridgehead atoms. The maximum Gasteiger partial charge on any atom is 0.247 e. The number of nitrogens with two attached hydrogens (primary N) is 1. The maximum atomic E-state index is 15.4. The number of amides is 1. The number of rotatable bonds is 9. The summed E-state index contributed by atoms with van der Waals surface area (Å²) < 4.78 is 51.2. The summed E-state index contributed by atoms with van der Waals surface area (Å²) in [5.74, 6) is -1.55. The van der Waals surface area contributed by atoms with Gasteiger partial charge in [0.1, 0.15) is 5.75 Å². The molecule has 0 spiro atoms. The van der Waals surface area contributed by atoms with Gasteiger partial charge in [0.05, 0.1) is 28.3 Å². The predicted molar refractivity (Wildman–Crippen MR) is 142 cm³/mol. The van der Waals surface area contributed by atoms with Crippen LogP contribution in [0.5, 0.6) is 11.5 Å². The van der Waals surface area contributed by atoms with Gasteiger partial charge in [-0.05, 0) is 42.0 Å². The summed E-state index contributed by atoms with van der Waals surface area (Å²) in [5.41, 5.74) is 6.34. The number of nitriles is 1. The average molecular weight is 589 g/mol. The van der Waals surface area contributed by atoms with E-state index < -0.39 is 26.8 Å². The summed E-state index contributed by atoms with van der Waals surface area (Å²) in [5, 5.41) is 16.2. The van der Waals surface area contributed by atoms with Gasteiger partial charge < -0.3 is 14.9 Å². The van der Waals surface area contributed by atoms with Crippen LogP contribution in [-0.2, 0) is 21.1 Å². The van der Waals surface area contributed by atoms with Gasteiger partial charge >= 0.3 is 0 Å². The lowest BCUT2D eigenvalue weighted by molar-refractivity contribution is -0.118. The number of carbonyl (C=O) groups is 1. The van der Waals surface area contributed by atoms with Crippen molar-refractivity contribution in [1.29, 1.82) is 5.26 Å². The molecule has 0 radical (unpaired) electrons. The molecule has 4 aromatic rings. The monoisotopic (exact) mass is 588 g/mol. The smallest absolute Gasteiger partial charge is 0.247 e. The van der Waals surface area contributed by atoms with Crippen LogP contribution in [-0.4, -0.2) is 30.8 Å². The molecular formula is C26H19Cl2FN4O5S. The van der Waals surface area contributed by atoms with Gasteiger partial charge in [-0.15, -0.1) is 10.2 Å². The lowest BCUT2D eigenvalue weighted by Crippen LogP contribution is -2.20. The molecule has 200 valence electrons. The Balaban J connectivity index is 1.60. The molecule has 0 aliphatic carbocycles. The third-order valence-electron chi connectivity index (χ3n) is 5.57. The molecule has 0 saturated carbocycles. The summed E-state index contributed by atoms with van der Waals surface area (Å²) in [6.07, 6.45) is 0.523. The number of benzene rings is 3. The molecule has 0 aliphatic rings. The van der Waals surface area contributed by atoms with E-state index in [1.54, 1.807) is 18.2 Å². The Labute approximate surface area is 232 Å². The highest BCUT2D eigenvalue weighted by Gasteiger charge is 2.26. The molecule has 1 heterocycles. The highest BCUT2D eigenvalue weighted by Crippen LogP contribution is 2.36. The number of carbonyl (C=O) groups excluding carboxylic acids is 1. The zero-order valence-corrected chi connectivity index (χ0v) is 22.5. The van der Waals surface area contributed by atoms with Crippen molar-refractivity contribution < 1.29 is 26.8 Å². The van der Waals surface area contributed by atoms with Gasteiger partial charge in [0.2, 0.25) is 17.7 Å². The van der Waals surface area contributed by atoms with Crippen LogP contribution in [0.25, 0.3) is 11.5 Å². The summed E-state index contributed by atoms with van der Waals surface area (Å²) in [6, 6.07) is 15.3. The lowest BCUT2D eigenvalue weighted by Gasteiger charge is -2.14. The Morgan fingerprint density at radius 3 is 2.64 bits per heavy atom. The van der Waals surface area contributed by atoms with Crippen LogP contribution in [0, 0.1) is 17.1 Å². The van der Waals surface area contributed by atoms with Gasteiger partial charge in [-0.2, -0.15) is 5.26 Å². The minimum Gasteiger partial charge on any atom is -0.453 e. The third-order valence-corrected chi connectivity index (χ3v) is 7.55. The second-order valence-corrected chi connectivity index (χ2v) is 11.6. The molecule has 9 nitrogen and oxygen atoms in total. The van der Waals surface area contributed by atoms with Crippen molar-refractivity contribution >= 4 is 38.9 Å². The van der Waals surface area contributed by atoms with E-state index in [2.05, 4.69) is 10.2 Å². The van der Waals surface area contributed by atoms with E-state index in [1.165, 1.54) is 36.4 Å². The molecule has 4 rings (SSSR count). The second-order valence-electron chi connectivity index (χ2n) is 8.53. The number of hydrogen-bond acceptors (Lipinski definition) is 8. The van der Waals surface area contributed by atoms with E-state index in [0.717, 1.165) is 6.26 Å². The first-order valence-corrected chi connectivity index (χ1v) is 13.9. The Morgan fingerprint density at radius 1 is 1.18 bits per heavy atom. The minimum atomic E-state index is -3.64. The Morgan fingerprint density at radius 2 is 1.95 bits per heavy atom. The topological polar surface area (TPSA) is 149 Å². The molecule has 0 saturated heterocycles. The first kappa shape index (κ1) is 28.0. The van der Waals surface area contributed by atoms with Gasteiger partial charge in [-0.25, -0.2) is 12.8 Å². The largest absolute Gasteiger partial charge is 0.453 e. The molecule has 1 atom stereocenters. The molecule has 0 aliphatic heterocycles. The zero-order chi connectivity index (χ0) is 28.3. The second kappa shape index (κ2) is 11.4. The molecule has 1 aromatic heterocycles. The van der Waals surface area contributed by atoms with E-state index in [1.807, 2.05) is 6.07 Å². The average Bonchev–Trinajstić information content (AvgIpc) is 3.34. The van der Waals surface area contributed by atoms with Crippen LogP contribution in [0.4, 0.5) is 4.39 Å². The van der Waals surface area contributed by atoms with Crippen LogP contribution in [0.15, 0.2) is 59.0 Å². The van der Waals surface area contributed by atoms with Crippen molar-refractivity contribution in [3.63, 3.8) is 0 Å². The van der Waals surface area contributed by atoms with Gasteiger partial charge in [0, 0.05) is 28.8 Å². The molecular weight excluding hydrogens is 570 g/mol. The molecule has 1 amide bonds. The van der Waals surface area contributed by atoms with E-state index in [0.29, 0.717) is 11.1 Å². The number of primary amides is 1. The Bertz CT molecular complexity index is 1720. The van der Waals surface area contributed by atoms with E-state index in [4.69, 9.17) is 43.4 Å². The molecule has 1 unspecified atom stereocenters. The predicted octanol–water partition coefficient (Wildman–Crippen LogP) is 5.40. The molecule has 2 N–H and O–H groups in total. The number of halogens is 3. The maximum absolute atomic E-state index is 15.4. The van der Waals surface area contributed by atoms with Crippen LogP contribution in [0.1, 0.15) is 34.3 Å². The normalized spacial score (nSPS) is 12.1. The standard InChI is InChI=1S/C26H19Cl2FN4O5S/c1-39(35,36)21(12-22(31)34)15-3-2-4-17(9-15)26-33-32-23(38-26)10-16-5-6-20(28)25(24(16)29)37-19-8-14(13-30)7-18(27)11-19/h2-9,11,21H,10,12H2,1H3,(H2,31,34). The van der Waals surface area contributed by atoms with Crippen LogP contribution in [0.2, 0.25) is 10.0 Å². The van der Waals surface area contributed by atoms with E-state index in [-0.39, 0.29) is 57.3 Å². The number of hydrogen-bond donors (Lipinski definition) is 1. The van der Waals surface area contributed by atoms with Crippen LogP contribution >= 0.6 is 23.2 Å². The fourth-order valence-corrected chi connectivity index (χ4v) is 5.30. The van der Waals surface area contributed by atoms with E-state index >= 15 is 4.39 Å². The summed E-state index contributed by atoms with van der Waals surface area (Å²) in [7, 11) is -3.64. The van der Waals surface area contributed by atoms with Gasteiger partial charge in [-0.1, -0.05) is 41.4 Å². The Hall–Kier alpha value is -3.98. The van der Waals surface area contributed by atoms with E-state index in [9.17, 15) is 13.2 Å². The van der Waals surface area contributed by atoms with Crippen LogP contribution < -0.4 is 10.5 Å². The fourth-order valence-electron chi connectivity index (χ4n) is 3.78. The van der Waals surface area contributed by atoms with Crippen molar-refractivity contribution in [3.05, 3.63) is 93.0 Å². The summed E-state index contributed by atoms with van der Waals surface area (Å²) >= 11 is 12.2. The highest BCUT2D eigenvalue weighted by atomic mass is 35.5. The van der Waals surface area contributed by atoms with Crippen molar-refractivity contribution in [2.45, 2.75) is 18.1 Å². The van der Waals surface area contributed by atoms with Crippen molar-refractivity contribution in [1.82, 2.24) is 10.2 Å². The number of nitrogens with zero attached hydrogens (tertiary/aromatic N) is 3. The minimum absolute atomic E-state index is 0.00541. The zero-order valence-electron chi connectivity index (χ0n) is 20.2. The molecule has 39 heavy (non-hydrogen) atoms. The molecule has 3 aromatic carbocycles. The quantitative estimate of drug-likeness (QED) is 0.273. The van der Waals surface area contributed by atoms with Crippen molar-refractivity contribution in [3.8, 4) is 29.0 Å². The first-order valence-electron chi connectivity index (χ1n) is 11.2. The van der Waals surface area contributed by atoms with Gasteiger partial charge in [0.15, 0.2) is 21.4 Å². The first-order chi connectivity index (χ1) is 18.4. The Kier molecular flexibility index (Phi) is 8.20. The number of ether oxygens (including phenoxy) is 1. The number of sulfone groups is 1. The van der Waals surface area contributed by atoms with Crippen molar-refractivity contribution in [2.24, 2.45) is 5.73 Å². The van der Waals surface area contributed by atoms with Gasteiger partial charge in [-0.3, -0.25) is 4.79 Å². The van der Waals surface area contributed by atoms with Gasteiger partial charge in [0.25, 0.3) is 0 Å². The molecule has 13 heteroatoms. The number of aromatic nitrogens is 2. The van der Waals surface area contributed by atoms with Crippen molar-refractivity contribution in [2.75, 3.05) is 6.26 Å². The SMILES string of the molecule is CS(=O)(=O)C(CC(N)=O)c1cccc(-c2nnc(Cc3ccc(Cl)c(Oc4cc(Cl)cc(C#N)c4)c3F)o2)c1. The molecule has 0 fully saturated rings. The fraction of sp³-hybridized carbons (Fsp3) is 0.154. The lowest BCUT2D eigenvalue weighted by atomic mass is 10.1. The summed E-state index contributed by atoms with van der Waals surface area (Å²) in [6.45, 7) is 0. The summed E-state index contributed by atoms with van der Waals surface area (Å²) in [4.78, 5) is 11.4. The highest BCUT2D eigenvalue weighted by molar-refractivity contribution is 7.91.